The van der Waals surface area contributed by atoms with Crippen LogP contribution in [0.15, 0.2) is 182 Å². The Morgan fingerprint density at radius 1 is 0.368 bits per heavy atom. The van der Waals surface area contributed by atoms with Gasteiger partial charge in [-0.1, -0.05) is 121 Å². The predicted molar refractivity (Wildman–Crippen MR) is 289 cm³/mol. The lowest BCUT2D eigenvalue weighted by Crippen LogP contribution is -2.16. The first-order valence-corrected chi connectivity index (χ1v) is 24.1. The van der Waals surface area contributed by atoms with E-state index >= 15 is 13.2 Å². The monoisotopic (exact) mass is 987 g/mol. The number of hydrogen-bond donors (Lipinski definition) is 0. The Morgan fingerprint density at radius 2 is 0.658 bits per heavy atom. The lowest BCUT2D eigenvalue weighted by Gasteiger charge is -2.23. The highest BCUT2D eigenvalue weighted by molar-refractivity contribution is 6.13. The minimum absolute atomic E-state index is 0.141. The molecular weight excluding hydrogens is 952 g/mol. The van der Waals surface area contributed by atoms with E-state index in [2.05, 4.69) is 29.3 Å². The second kappa shape index (κ2) is 18.1. The standard InChI is InChI=1S/C64H36F3N9/c1-37-72-38(2)74-63(73-37)47-31-60(75-56-27-39(48-15-7-3-11-43(48)33-68)19-23-52(56)53-24-20-40(28-57(53)75)49-16-8-4-12-44(49)34-69)62(64(65,66)67)61(32-47)76-58-29-41(50-17-9-5-13-45(50)35-70)21-25-54(58)55-26-22-42(30-59(55)76)51-18-10-6-14-46(51)36-71/h3-32H,1-2H3. The molecule has 76 heavy (non-hydrogen) atoms. The highest BCUT2D eigenvalue weighted by atomic mass is 19.4. The van der Waals surface area contributed by atoms with Crippen molar-refractivity contribution in [2.45, 2.75) is 20.0 Å². The number of fused-ring (bicyclic) bond motifs is 6. The second-order valence-corrected chi connectivity index (χ2v) is 18.4. The van der Waals surface area contributed by atoms with E-state index in [4.69, 9.17) is 9.97 Å². The van der Waals surface area contributed by atoms with Crippen molar-refractivity contribution in [3.8, 4) is 91.5 Å². The summed E-state index contributed by atoms with van der Waals surface area (Å²) < 4.78 is 55.2. The van der Waals surface area contributed by atoms with Crippen molar-refractivity contribution in [2.75, 3.05) is 0 Å². The van der Waals surface area contributed by atoms with Gasteiger partial charge in [-0.2, -0.15) is 34.2 Å². The van der Waals surface area contributed by atoms with Crippen LogP contribution in [0.3, 0.4) is 0 Å². The zero-order chi connectivity index (χ0) is 52.4. The van der Waals surface area contributed by atoms with Crippen molar-refractivity contribution in [1.29, 1.82) is 21.0 Å². The maximum absolute atomic E-state index is 17.3. The van der Waals surface area contributed by atoms with E-state index < -0.39 is 11.7 Å². The van der Waals surface area contributed by atoms with Crippen LogP contribution in [0.25, 0.3) is 111 Å². The number of nitriles is 4. The smallest absolute Gasteiger partial charge is 0.308 e. The molecule has 0 aliphatic rings. The zero-order valence-electron chi connectivity index (χ0n) is 40.5. The van der Waals surface area contributed by atoms with E-state index in [9.17, 15) is 21.0 Å². The van der Waals surface area contributed by atoms with Crippen LogP contribution in [0, 0.1) is 59.2 Å². The van der Waals surface area contributed by atoms with Gasteiger partial charge >= 0.3 is 6.18 Å². The summed E-state index contributed by atoms with van der Waals surface area (Å²) in [6, 6.07) is 62.6. The Morgan fingerprint density at radius 3 is 0.934 bits per heavy atom. The van der Waals surface area contributed by atoms with Gasteiger partial charge in [0.25, 0.3) is 0 Å². The largest absolute Gasteiger partial charge is 0.420 e. The lowest BCUT2D eigenvalue weighted by atomic mass is 9.98. The average Bonchev–Trinajstić information content (AvgIpc) is 4.16. The van der Waals surface area contributed by atoms with Gasteiger partial charge in [0.2, 0.25) is 0 Å². The normalized spacial score (nSPS) is 11.4. The van der Waals surface area contributed by atoms with Gasteiger partial charge in [-0.25, -0.2) is 15.0 Å². The maximum Gasteiger partial charge on any atom is 0.420 e. The first-order valence-electron chi connectivity index (χ1n) is 24.1. The van der Waals surface area contributed by atoms with Crippen molar-refractivity contribution >= 4 is 43.6 Å². The van der Waals surface area contributed by atoms with Crippen LogP contribution < -0.4 is 0 Å². The number of aromatic nitrogens is 5. The molecule has 0 atom stereocenters. The summed E-state index contributed by atoms with van der Waals surface area (Å²) in [5.74, 6) is 0.868. The molecule has 0 aliphatic carbocycles. The van der Waals surface area contributed by atoms with Crippen molar-refractivity contribution in [1.82, 2.24) is 24.1 Å². The van der Waals surface area contributed by atoms with E-state index in [1.54, 1.807) is 71.5 Å². The van der Waals surface area contributed by atoms with Gasteiger partial charge in [0, 0.05) is 27.1 Å². The van der Waals surface area contributed by atoms with Crippen LogP contribution in [0.5, 0.6) is 0 Å². The molecule has 3 aromatic heterocycles. The molecular formula is C64H36F3N9. The highest BCUT2D eigenvalue weighted by Crippen LogP contribution is 2.48. The fraction of sp³-hybridized carbons (Fsp3) is 0.0469. The summed E-state index contributed by atoms with van der Waals surface area (Å²) >= 11 is 0. The summed E-state index contributed by atoms with van der Waals surface area (Å²) in [4.78, 5) is 13.9. The molecule has 0 bridgehead atoms. The first-order chi connectivity index (χ1) is 37.0. The summed E-state index contributed by atoms with van der Waals surface area (Å²) in [5, 5.41) is 43.6. The van der Waals surface area contributed by atoms with E-state index in [0.717, 1.165) is 0 Å². The van der Waals surface area contributed by atoms with Gasteiger partial charge in [0.15, 0.2) is 5.82 Å². The molecule has 0 radical (unpaired) electrons. The SMILES string of the molecule is Cc1nc(C)nc(-c2cc(-n3c4cc(-c5ccccc5C#N)ccc4c4ccc(-c5ccccc5C#N)cc43)c(C(F)(F)F)c(-n3c4cc(-c5ccccc5C#N)ccc4c4ccc(-c5ccccc5C#N)cc43)c2)n1. The Labute approximate surface area is 433 Å². The Hall–Kier alpha value is -10.7. The van der Waals surface area contributed by atoms with Gasteiger partial charge in [0.1, 0.15) is 17.2 Å². The molecule has 0 N–H and O–H groups in total. The number of alkyl halides is 3. The Bertz CT molecular complexity index is 4100. The quantitative estimate of drug-likeness (QED) is 0.155. The average molecular weight is 988 g/mol. The first kappa shape index (κ1) is 46.4. The van der Waals surface area contributed by atoms with Gasteiger partial charge in [-0.15, -0.1) is 0 Å². The van der Waals surface area contributed by atoms with Crippen molar-refractivity contribution in [3.63, 3.8) is 0 Å². The Kier molecular flexibility index (Phi) is 11.1. The fourth-order valence-electron chi connectivity index (χ4n) is 10.7. The number of nitrogens with zero attached hydrogens (tertiary/aromatic N) is 9. The number of benzene rings is 9. The zero-order valence-corrected chi connectivity index (χ0v) is 40.5. The number of rotatable bonds is 7. The van der Waals surface area contributed by atoms with E-state index in [0.29, 0.717) is 122 Å². The predicted octanol–water partition coefficient (Wildman–Crippen LogP) is 15.5. The number of aryl methyl sites for hydroxylation is 2. The molecule has 9 aromatic carbocycles. The molecule has 3 heterocycles. The number of halogens is 3. The van der Waals surface area contributed by atoms with Gasteiger partial charge in [-0.3, -0.25) is 0 Å². The minimum atomic E-state index is -5.06. The molecule has 0 amide bonds. The Balaban J connectivity index is 1.28. The number of hydrogen-bond acceptors (Lipinski definition) is 7. The van der Waals surface area contributed by atoms with E-state index in [1.807, 2.05) is 121 Å². The van der Waals surface area contributed by atoms with Crippen LogP contribution in [0.2, 0.25) is 0 Å². The molecule has 12 rings (SSSR count). The molecule has 12 heteroatoms. The third-order valence-corrected chi connectivity index (χ3v) is 13.9. The second-order valence-electron chi connectivity index (χ2n) is 18.4. The third kappa shape index (κ3) is 7.65. The molecule has 0 spiro atoms. The molecule has 0 fully saturated rings. The lowest BCUT2D eigenvalue weighted by molar-refractivity contribution is -0.137. The van der Waals surface area contributed by atoms with Crippen LogP contribution in [0.1, 0.15) is 39.5 Å². The maximum atomic E-state index is 17.3. The topological polar surface area (TPSA) is 144 Å². The summed E-state index contributed by atoms with van der Waals surface area (Å²) in [5.41, 5.74) is 6.79. The molecule has 0 saturated carbocycles. The van der Waals surface area contributed by atoms with Crippen LogP contribution in [-0.2, 0) is 6.18 Å². The molecule has 9 nitrogen and oxygen atoms in total. The summed E-state index contributed by atoms with van der Waals surface area (Å²) in [6.07, 6.45) is -5.06. The van der Waals surface area contributed by atoms with Crippen molar-refractivity contribution in [3.05, 3.63) is 221 Å². The third-order valence-electron chi connectivity index (χ3n) is 13.9. The van der Waals surface area contributed by atoms with E-state index in [-0.39, 0.29) is 22.8 Å². The summed E-state index contributed by atoms with van der Waals surface area (Å²) in [7, 11) is 0. The summed E-state index contributed by atoms with van der Waals surface area (Å²) in [6.45, 7) is 3.40. The van der Waals surface area contributed by atoms with Gasteiger partial charge in [-0.05, 0) is 119 Å². The minimum Gasteiger partial charge on any atom is -0.308 e. The van der Waals surface area contributed by atoms with Gasteiger partial charge < -0.3 is 9.13 Å². The molecule has 0 unspecified atom stereocenters. The molecule has 0 saturated heterocycles. The van der Waals surface area contributed by atoms with Crippen molar-refractivity contribution < 1.29 is 13.2 Å². The highest BCUT2D eigenvalue weighted by Gasteiger charge is 2.40. The molecule has 0 aliphatic heterocycles. The molecule has 358 valence electrons. The van der Waals surface area contributed by atoms with Crippen molar-refractivity contribution in [2.24, 2.45) is 0 Å². The van der Waals surface area contributed by atoms with Crippen LogP contribution in [-0.4, -0.2) is 24.1 Å². The fourth-order valence-corrected chi connectivity index (χ4v) is 10.7. The van der Waals surface area contributed by atoms with Gasteiger partial charge in [0.05, 0.1) is 80.0 Å². The molecule has 12 aromatic rings. The van der Waals surface area contributed by atoms with Crippen LogP contribution >= 0.6 is 0 Å². The van der Waals surface area contributed by atoms with Crippen LogP contribution in [0.4, 0.5) is 13.2 Å². The van der Waals surface area contributed by atoms with E-state index in [1.165, 1.54) is 12.1 Å².